The number of hydrogen-bond acceptors (Lipinski definition) is 3. The summed E-state index contributed by atoms with van der Waals surface area (Å²) in [5.74, 6) is 0.761. The summed E-state index contributed by atoms with van der Waals surface area (Å²) in [5.41, 5.74) is 6.76. The van der Waals surface area contributed by atoms with Gasteiger partial charge in [0.2, 0.25) is 0 Å². The molecule has 0 radical (unpaired) electrons. The second-order valence-corrected chi connectivity index (χ2v) is 5.91. The van der Waals surface area contributed by atoms with Crippen LogP contribution in [0.15, 0.2) is 11.6 Å². The predicted molar refractivity (Wildman–Crippen MR) is 89.2 cm³/mol. The summed E-state index contributed by atoms with van der Waals surface area (Å²) in [4.78, 5) is 12.3. The number of esters is 1. The second-order valence-electron chi connectivity index (χ2n) is 5.91. The maximum Gasteiger partial charge on any atom is 0.334 e. The summed E-state index contributed by atoms with van der Waals surface area (Å²) in [5, 5.41) is 0. The molecule has 0 amide bonds. The first-order valence-corrected chi connectivity index (χ1v) is 8.05. The number of carbonyl (C=O) groups is 1. The van der Waals surface area contributed by atoms with E-state index in [9.17, 15) is 4.79 Å². The molecule has 1 aliphatic rings. The lowest BCUT2D eigenvalue weighted by Crippen LogP contribution is -2.14. The average Bonchev–Trinajstić information content (AvgIpc) is 2.51. The number of ether oxygens (including phenoxy) is 2. The van der Waals surface area contributed by atoms with Crippen LogP contribution in [-0.2, 0) is 9.53 Å². The lowest BCUT2D eigenvalue weighted by molar-refractivity contribution is -0.138. The number of methoxy groups -OCH3 is 1. The van der Waals surface area contributed by atoms with Gasteiger partial charge in [0, 0.05) is 5.57 Å². The lowest BCUT2D eigenvalue weighted by Gasteiger charge is -2.24. The van der Waals surface area contributed by atoms with E-state index in [-0.39, 0.29) is 5.97 Å². The number of allylic oxidation sites excluding steroid dienone is 1. The highest BCUT2D eigenvalue weighted by molar-refractivity contribution is 5.99. The molecule has 120 valence electrons. The minimum atomic E-state index is -0.149. The van der Waals surface area contributed by atoms with Crippen LogP contribution in [0.3, 0.4) is 0 Å². The fourth-order valence-corrected chi connectivity index (χ4v) is 3.35. The SMILES string of the molecule is CCOC(=O)C1=C(c2c(C)cc(OC)c(C)c2C)CCCC1. The van der Waals surface area contributed by atoms with Gasteiger partial charge in [-0.2, -0.15) is 0 Å². The molecule has 3 heteroatoms. The number of rotatable bonds is 4. The van der Waals surface area contributed by atoms with Crippen LogP contribution < -0.4 is 4.74 Å². The van der Waals surface area contributed by atoms with E-state index < -0.39 is 0 Å². The third kappa shape index (κ3) is 3.03. The first kappa shape index (κ1) is 16.6. The minimum Gasteiger partial charge on any atom is -0.496 e. The predicted octanol–water partition coefficient (Wildman–Crippen LogP) is 4.51. The molecule has 0 bridgehead atoms. The van der Waals surface area contributed by atoms with Crippen molar-refractivity contribution >= 4 is 11.5 Å². The summed E-state index contributed by atoms with van der Waals surface area (Å²) in [6.45, 7) is 8.56. The minimum absolute atomic E-state index is 0.149. The van der Waals surface area contributed by atoms with Crippen molar-refractivity contribution in [2.45, 2.75) is 53.4 Å². The molecule has 0 N–H and O–H groups in total. The highest BCUT2D eigenvalue weighted by Crippen LogP contribution is 2.39. The summed E-state index contributed by atoms with van der Waals surface area (Å²) >= 11 is 0. The maximum atomic E-state index is 12.3. The standard InChI is InChI=1S/C19H26O3/c1-6-22-19(20)16-10-8-7-9-15(16)18-12(2)11-17(21-5)13(3)14(18)4/h11H,6-10H2,1-5H3. The maximum absolute atomic E-state index is 12.3. The Balaban J connectivity index is 2.61. The van der Waals surface area contributed by atoms with Crippen molar-refractivity contribution in [3.05, 3.63) is 33.9 Å². The Bertz CT molecular complexity index is 612. The molecular weight excluding hydrogens is 276 g/mol. The van der Waals surface area contributed by atoms with Crippen molar-refractivity contribution in [2.75, 3.05) is 13.7 Å². The first-order chi connectivity index (χ1) is 10.5. The van der Waals surface area contributed by atoms with Crippen molar-refractivity contribution in [3.8, 4) is 5.75 Å². The molecule has 1 aliphatic carbocycles. The largest absolute Gasteiger partial charge is 0.496 e. The molecule has 0 fully saturated rings. The molecule has 0 spiro atoms. The number of hydrogen-bond donors (Lipinski definition) is 0. The van der Waals surface area contributed by atoms with Crippen molar-refractivity contribution in [1.82, 2.24) is 0 Å². The number of aryl methyl sites for hydroxylation is 1. The Kier molecular flexibility index (Phi) is 5.28. The molecule has 0 unspecified atom stereocenters. The van der Waals surface area contributed by atoms with Gasteiger partial charge in [0.25, 0.3) is 0 Å². The van der Waals surface area contributed by atoms with Crippen LogP contribution in [-0.4, -0.2) is 19.7 Å². The topological polar surface area (TPSA) is 35.5 Å². The van der Waals surface area contributed by atoms with Crippen LogP contribution in [0, 0.1) is 20.8 Å². The quantitative estimate of drug-likeness (QED) is 0.768. The Morgan fingerprint density at radius 3 is 2.45 bits per heavy atom. The van der Waals surface area contributed by atoms with Gasteiger partial charge >= 0.3 is 5.97 Å². The van der Waals surface area contributed by atoms with Crippen LogP contribution >= 0.6 is 0 Å². The molecule has 22 heavy (non-hydrogen) atoms. The molecular formula is C19H26O3. The Labute approximate surface area is 133 Å². The van der Waals surface area contributed by atoms with Crippen molar-refractivity contribution in [3.63, 3.8) is 0 Å². The van der Waals surface area contributed by atoms with Gasteiger partial charge in [-0.1, -0.05) is 0 Å². The zero-order valence-electron chi connectivity index (χ0n) is 14.3. The Morgan fingerprint density at radius 1 is 1.14 bits per heavy atom. The molecule has 0 saturated heterocycles. The van der Waals surface area contributed by atoms with Crippen LogP contribution in [0.1, 0.15) is 54.9 Å². The molecule has 0 saturated carbocycles. The molecule has 2 rings (SSSR count). The van der Waals surface area contributed by atoms with Crippen LogP contribution in [0.2, 0.25) is 0 Å². The van der Waals surface area contributed by atoms with E-state index in [1.165, 1.54) is 22.3 Å². The Hall–Kier alpha value is -1.77. The summed E-state index contributed by atoms with van der Waals surface area (Å²) in [6.07, 6.45) is 3.95. The highest BCUT2D eigenvalue weighted by Gasteiger charge is 2.24. The van der Waals surface area contributed by atoms with Gasteiger partial charge in [-0.25, -0.2) is 4.79 Å². The second kappa shape index (κ2) is 6.99. The van der Waals surface area contributed by atoms with Crippen LogP contribution in [0.25, 0.3) is 5.57 Å². The van der Waals surface area contributed by atoms with Gasteiger partial charge in [0.05, 0.1) is 13.7 Å². The van der Waals surface area contributed by atoms with Crippen molar-refractivity contribution in [2.24, 2.45) is 0 Å². The molecule has 3 nitrogen and oxygen atoms in total. The van der Waals surface area contributed by atoms with Gasteiger partial charge in [-0.05, 0) is 87.3 Å². The van der Waals surface area contributed by atoms with Crippen LogP contribution in [0.4, 0.5) is 0 Å². The van der Waals surface area contributed by atoms with Gasteiger partial charge < -0.3 is 9.47 Å². The zero-order chi connectivity index (χ0) is 16.3. The third-order valence-electron chi connectivity index (χ3n) is 4.56. The third-order valence-corrected chi connectivity index (χ3v) is 4.56. The average molecular weight is 302 g/mol. The zero-order valence-corrected chi connectivity index (χ0v) is 14.3. The van der Waals surface area contributed by atoms with E-state index in [1.807, 2.05) is 6.92 Å². The van der Waals surface area contributed by atoms with E-state index in [1.54, 1.807) is 7.11 Å². The summed E-state index contributed by atoms with van der Waals surface area (Å²) in [7, 11) is 1.70. The molecule has 0 atom stereocenters. The van der Waals surface area contributed by atoms with E-state index in [0.717, 1.165) is 42.6 Å². The molecule has 0 aromatic heterocycles. The number of carbonyl (C=O) groups excluding carboxylic acids is 1. The first-order valence-electron chi connectivity index (χ1n) is 8.05. The van der Waals surface area contributed by atoms with Gasteiger partial charge in [0.15, 0.2) is 0 Å². The van der Waals surface area contributed by atoms with E-state index >= 15 is 0 Å². The number of benzene rings is 1. The normalized spacial score (nSPS) is 15.0. The molecule has 1 aromatic carbocycles. The van der Waals surface area contributed by atoms with Crippen molar-refractivity contribution < 1.29 is 14.3 Å². The fourth-order valence-electron chi connectivity index (χ4n) is 3.35. The van der Waals surface area contributed by atoms with Crippen molar-refractivity contribution in [1.29, 1.82) is 0 Å². The summed E-state index contributed by atoms with van der Waals surface area (Å²) < 4.78 is 10.7. The lowest BCUT2D eigenvalue weighted by atomic mass is 9.82. The van der Waals surface area contributed by atoms with Gasteiger partial charge in [0.1, 0.15) is 5.75 Å². The fraction of sp³-hybridized carbons (Fsp3) is 0.526. The molecule has 0 aliphatic heterocycles. The van der Waals surface area contributed by atoms with E-state index in [0.29, 0.717) is 6.61 Å². The Morgan fingerprint density at radius 2 is 1.82 bits per heavy atom. The smallest absolute Gasteiger partial charge is 0.334 e. The summed E-state index contributed by atoms with van der Waals surface area (Å²) in [6, 6.07) is 2.07. The van der Waals surface area contributed by atoms with Gasteiger partial charge in [-0.15, -0.1) is 0 Å². The van der Waals surface area contributed by atoms with Crippen LogP contribution in [0.5, 0.6) is 5.75 Å². The van der Waals surface area contributed by atoms with Gasteiger partial charge in [-0.3, -0.25) is 0 Å². The van der Waals surface area contributed by atoms with E-state index in [4.69, 9.17) is 9.47 Å². The monoisotopic (exact) mass is 302 g/mol. The highest BCUT2D eigenvalue weighted by atomic mass is 16.5. The molecule has 1 aromatic rings. The molecule has 0 heterocycles. The van der Waals surface area contributed by atoms with E-state index in [2.05, 4.69) is 26.8 Å².